The minimum atomic E-state index is -0.613. The molecule has 1 aliphatic heterocycles. The molecule has 0 radical (unpaired) electrons. The minimum Gasteiger partial charge on any atom is -0.388 e. The third kappa shape index (κ3) is 1.99. The molecule has 2 aromatic heterocycles. The van der Waals surface area contributed by atoms with Crippen molar-refractivity contribution in [1.29, 1.82) is 0 Å². The van der Waals surface area contributed by atoms with Gasteiger partial charge in [0.1, 0.15) is 0 Å². The first-order chi connectivity index (χ1) is 8.06. The summed E-state index contributed by atoms with van der Waals surface area (Å²) in [5.41, 5.74) is 0.375. The topological polar surface area (TPSA) is 40.8 Å². The fourth-order valence-corrected chi connectivity index (χ4v) is 3.44. The predicted molar refractivity (Wildman–Crippen MR) is 68.4 cm³/mol. The maximum absolute atomic E-state index is 10.6. The van der Waals surface area contributed by atoms with Crippen LogP contribution in [0.25, 0.3) is 4.96 Å². The van der Waals surface area contributed by atoms with E-state index in [1.165, 1.54) is 0 Å². The van der Waals surface area contributed by atoms with Gasteiger partial charge in [0.2, 0.25) is 0 Å². The number of nitrogens with zero attached hydrogens (tertiary/aromatic N) is 3. The highest BCUT2D eigenvalue weighted by Crippen LogP contribution is 2.29. The maximum atomic E-state index is 10.6. The van der Waals surface area contributed by atoms with Crippen molar-refractivity contribution in [2.45, 2.75) is 31.4 Å². The summed E-state index contributed by atoms with van der Waals surface area (Å²) < 4.78 is 2.02. The fourth-order valence-electron chi connectivity index (χ4n) is 2.72. The lowest BCUT2D eigenvalue weighted by atomic mass is 9.95. The Morgan fingerprint density at radius 2 is 2.47 bits per heavy atom. The number of imidazole rings is 1. The number of rotatable bonds is 2. The van der Waals surface area contributed by atoms with Crippen LogP contribution < -0.4 is 0 Å². The molecule has 2 aromatic rings. The van der Waals surface area contributed by atoms with E-state index in [1.807, 2.05) is 22.2 Å². The molecule has 1 saturated heterocycles. The second kappa shape index (κ2) is 3.80. The van der Waals surface area contributed by atoms with Crippen molar-refractivity contribution >= 4 is 16.3 Å². The molecule has 3 heterocycles. The predicted octanol–water partition coefficient (Wildman–Crippen LogP) is 1.39. The Morgan fingerprint density at radius 3 is 3.12 bits per heavy atom. The highest BCUT2D eigenvalue weighted by Gasteiger charge is 2.39. The second-order valence-corrected chi connectivity index (χ2v) is 6.07. The molecule has 1 aliphatic rings. The van der Waals surface area contributed by atoms with Crippen LogP contribution in [0.1, 0.15) is 19.0 Å². The van der Waals surface area contributed by atoms with Crippen LogP contribution in [-0.4, -0.2) is 44.6 Å². The summed E-state index contributed by atoms with van der Waals surface area (Å²) in [5, 5.41) is 12.6. The number of β-amino-alcohol motifs (C(OH)–C–C–N with tert-alkyl or cyclic N) is 1. The van der Waals surface area contributed by atoms with E-state index in [1.54, 1.807) is 11.3 Å². The summed E-state index contributed by atoms with van der Waals surface area (Å²) >= 11 is 1.63. The number of hydrogen-bond donors (Lipinski definition) is 1. The number of aromatic nitrogens is 2. The van der Waals surface area contributed by atoms with E-state index in [0.717, 1.165) is 23.6 Å². The van der Waals surface area contributed by atoms with Gasteiger partial charge in [0.25, 0.3) is 0 Å². The Labute approximate surface area is 105 Å². The van der Waals surface area contributed by atoms with Gasteiger partial charge >= 0.3 is 0 Å². The van der Waals surface area contributed by atoms with Crippen LogP contribution in [0.15, 0.2) is 17.8 Å². The molecule has 0 spiro atoms. The van der Waals surface area contributed by atoms with E-state index in [-0.39, 0.29) is 0 Å². The first-order valence-electron chi connectivity index (χ1n) is 5.89. The van der Waals surface area contributed by atoms with Crippen molar-refractivity contribution < 1.29 is 5.11 Å². The third-order valence-electron chi connectivity index (χ3n) is 3.62. The van der Waals surface area contributed by atoms with E-state index in [9.17, 15) is 5.11 Å². The van der Waals surface area contributed by atoms with E-state index >= 15 is 0 Å². The van der Waals surface area contributed by atoms with Crippen molar-refractivity contribution in [2.75, 3.05) is 13.6 Å². The van der Waals surface area contributed by atoms with Gasteiger partial charge in [0, 0.05) is 36.8 Å². The molecule has 0 bridgehead atoms. The minimum absolute atomic E-state index is 0.448. The Kier molecular flexibility index (Phi) is 2.50. The number of likely N-dealkylation sites (N-methyl/N-ethyl adjacent to an activating group) is 1. The summed E-state index contributed by atoms with van der Waals surface area (Å²) in [6.45, 7) is 2.89. The number of fused-ring (bicyclic) bond motifs is 1. The van der Waals surface area contributed by atoms with Crippen LogP contribution in [0.5, 0.6) is 0 Å². The zero-order valence-electron chi connectivity index (χ0n) is 10.1. The standard InChI is InChI=1S/C12H17N3OS/c1-9-5-12(16,8-14(9)2)6-10-7-15-3-4-17-11(15)13-10/h3-4,7,9,16H,5-6,8H2,1-2H3. The van der Waals surface area contributed by atoms with Crippen LogP contribution >= 0.6 is 11.3 Å². The summed E-state index contributed by atoms with van der Waals surface area (Å²) in [6, 6.07) is 0.448. The molecular formula is C12H17N3OS. The molecule has 5 heteroatoms. The molecule has 0 aromatic carbocycles. The molecule has 3 rings (SSSR count). The van der Waals surface area contributed by atoms with Crippen molar-refractivity contribution in [2.24, 2.45) is 0 Å². The van der Waals surface area contributed by atoms with Gasteiger partial charge in [-0.2, -0.15) is 0 Å². The van der Waals surface area contributed by atoms with Crippen LogP contribution in [0, 0.1) is 0 Å². The molecule has 0 saturated carbocycles. The number of aliphatic hydroxyl groups is 1. The van der Waals surface area contributed by atoms with Gasteiger partial charge in [-0.1, -0.05) is 0 Å². The maximum Gasteiger partial charge on any atom is 0.193 e. The zero-order valence-corrected chi connectivity index (χ0v) is 10.9. The van der Waals surface area contributed by atoms with Crippen LogP contribution in [0.4, 0.5) is 0 Å². The Morgan fingerprint density at radius 1 is 1.65 bits per heavy atom. The average molecular weight is 251 g/mol. The van der Waals surface area contributed by atoms with Gasteiger partial charge in [-0.05, 0) is 20.4 Å². The smallest absolute Gasteiger partial charge is 0.193 e. The number of thiazole rings is 1. The van der Waals surface area contributed by atoms with E-state index in [0.29, 0.717) is 12.5 Å². The average Bonchev–Trinajstić information content (AvgIpc) is 2.81. The van der Waals surface area contributed by atoms with Gasteiger partial charge in [-0.25, -0.2) is 4.98 Å². The second-order valence-electron chi connectivity index (χ2n) is 5.19. The van der Waals surface area contributed by atoms with Crippen molar-refractivity contribution in [3.05, 3.63) is 23.5 Å². The van der Waals surface area contributed by atoms with E-state index in [4.69, 9.17) is 0 Å². The molecule has 4 nitrogen and oxygen atoms in total. The van der Waals surface area contributed by atoms with Crippen molar-refractivity contribution in [3.63, 3.8) is 0 Å². The van der Waals surface area contributed by atoms with Gasteiger partial charge in [-0.3, -0.25) is 4.40 Å². The largest absolute Gasteiger partial charge is 0.388 e. The summed E-state index contributed by atoms with van der Waals surface area (Å²) in [7, 11) is 2.06. The fraction of sp³-hybridized carbons (Fsp3) is 0.583. The number of likely N-dealkylation sites (tertiary alicyclic amines) is 1. The van der Waals surface area contributed by atoms with Crippen molar-refractivity contribution in [3.8, 4) is 0 Å². The Hall–Kier alpha value is -0.910. The lowest BCUT2D eigenvalue weighted by molar-refractivity contribution is 0.0512. The van der Waals surface area contributed by atoms with Crippen molar-refractivity contribution in [1.82, 2.24) is 14.3 Å². The molecule has 1 N–H and O–H groups in total. The third-order valence-corrected chi connectivity index (χ3v) is 4.40. The molecule has 92 valence electrons. The first-order valence-corrected chi connectivity index (χ1v) is 6.77. The highest BCUT2D eigenvalue weighted by atomic mass is 32.1. The molecule has 2 atom stereocenters. The highest BCUT2D eigenvalue weighted by molar-refractivity contribution is 7.15. The molecule has 17 heavy (non-hydrogen) atoms. The summed E-state index contributed by atoms with van der Waals surface area (Å²) in [5.74, 6) is 0. The van der Waals surface area contributed by atoms with Crippen LogP contribution in [-0.2, 0) is 6.42 Å². The molecule has 0 aliphatic carbocycles. The SMILES string of the molecule is CC1CC(O)(Cc2cn3ccsc3n2)CN1C. The van der Waals surface area contributed by atoms with E-state index < -0.39 is 5.60 Å². The summed E-state index contributed by atoms with van der Waals surface area (Å²) in [4.78, 5) is 7.74. The lowest BCUT2D eigenvalue weighted by Crippen LogP contribution is -2.34. The Balaban J connectivity index is 1.81. The molecular weight excluding hydrogens is 234 g/mol. The zero-order chi connectivity index (χ0) is 12.0. The Bertz CT molecular complexity index is 494. The van der Waals surface area contributed by atoms with Gasteiger partial charge in [-0.15, -0.1) is 11.3 Å². The molecule has 2 unspecified atom stereocenters. The van der Waals surface area contributed by atoms with Gasteiger partial charge in [0.15, 0.2) is 4.96 Å². The molecule has 0 amide bonds. The quantitative estimate of drug-likeness (QED) is 0.877. The lowest BCUT2D eigenvalue weighted by Gasteiger charge is -2.20. The number of hydrogen-bond acceptors (Lipinski definition) is 4. The monoisotopic (exact) mass is 251 g/mol. The van der Waals surface area contributed by atoms with Gasteiger partial charge < -0.3 is 10.0 Å². The normalized spacial score (nSPS) is 30.4. The van der Waals surface area contributed by atoms with Crippen LogP contribution in [0.2, 0.25) is 0 Å². The van der Waals surface area contributed by atoms with Crippen LogP contribution in [0.3, 0.4) is 0 Å². The first kappa shape index (κ1) is 11.2. The van der Waals surface area contributed by atoms with E-state index in [2.05, 4.69) is 23.9 Å². The van der Waals surface area contributed by atoms with Gasteiger partial charge in [0.05, 0.1) is 11.3 Å². The summed E-state index contributed by atoms with van der Waals surface area (Å²) in [6.07, 6.45) is 5.50. The molecule has 1 fully saturated rings.